The molecule has 8 nitrogen and oxygen atoms in total. The van der Waals surface area contributed by atoms with E-state index in [0.29, 0.717) is 18.4 Å². The van der Waals surface area contributed by atoms with Gasteiger partial charge in [-0.1, -0.05) is 6.07 Å². The Morgan fingerprint density at radius 3 is 2.54 bits per heavy atom. The molecule has 2 N–H and O–H groups in total. The van der Waals surface area contributed by atoms with Gasteiger partial charge in [-0.15, -0.1) is 0 Å². The number of hydrogen-bond acceptors (Lipinski definition) is 6. The number of ether oxygens (including phenoxy) is 1. The Balaban J connectivity index is 1.40. The molecule has 1 aliphatic carbocycles. The number of methoxy groups -OCH3 is 1. The van der Waals surface area contributed by atoms with Crippen molar-refractivity contribution in [3.63, 3.8) is 0 Å². The molecule has 0 spiro atoms. The standard InChI is InChI=1S/C27H24N4O4/c1-35-26-16-20(6-9-25(26)31(33)34)19-5-7-21-23(15-19)29-22-8-4-18(14-24(22)30-27(21)32)3-2-17-10-12-28-13-11-17/h4,6,8-16,29H,2-3,5,7H2,1H3,(H,30,32). The molecule has 176 valence electrons. The molecule has 0 unspecified atom stereocenters. The average molecular weight is 469 g/mol. The third-order valence-electron chi connectivity index (χ3n) is 6.36. The minimum atomic E-state index is -0.460. The fraction of sp³-hybridized carbons (Fsp3) is 0.185. The van der Waals surface area contributed by atoms with E-state index >= 15 is 0 Å². The Kier molecular flexibility index (Phi) is 6.01. The summed E-state index contributed by atoms with van der Waals surface area (Å²) in [5, 5.41) is 17.7. The molecule has 0 bridgehead atoms. The topological polar surface area (TPSA) is 106 Å². The van der Waals surface area contributed by atoms with E-state index in [1.165, 1.54) is 18.7 Å². The number of nitrogens with zero attached hydrogens (tertiary/aromatic N) is 2. The number of nitro benzene ring substituents is 1. The van der Waals surface area contributed by atoms with Crippen LogP contribution in [0.15, 0.2) is 78.3 Å². The van der Waals surface area contributed by atoms with Gasteiger partial charge in [0, 0.05) is 29.7 Å². The van der Waals surface area contributed by atoms with Crippen molar-refractivity contribution in [3.8, 4) is 5.75 Å². The Labute approximate surface area is 202 Å². The molecule has 2 heterocycles. The molecule has 3 aromatic rings. The number of anilines is 2. The lowest BCUT2D eigenvalue weighted by Gasteiger charge is -2.19. The summed E-state index contributed by atoms with van der Waals surface area (Å²) in [6, 6.07) is 14.9. The summed E-state index contributed by atoms with van der Waals surface area (Å²) in [6.07, 6.45) is 8.48. The summed E-state index contributed by atoms with van der Waals surface area (Å²) >= 11 is 0. The van der Waals surface area contributed by atoms with Crippen LogP contribution in [0.25, 0.3) is 5.57 Å². The number of benzene rings is 2. The summed E-state index contributed by atoms with van der Waals surface area (Å²) in [7, 11) is 1.42. The van der Waals surface area contributed by atoms with Crippen LogP contribution in [-0.4, -0.2) is 22.9 Å². The van der Waals surface area contributed by atoms with Gasteiger partial charge in [0.15, 0.2) is 5.75 Å². The third kappa shape index (κ3) is 4.63. The van der Waals surface area contributed by atoms with Crippen LogP contribution in [0.5, 0.6) is 5.75 Å². The predicted molar refractivity (Wildman–Crippen MR) is 134 cm³/mol. The number of aryl methyl sites for hydroxylation is 2. The second-order valence-corrected chi connectivity index (χ2v) is 8.52. The summed E-state index contributed by atoms with van der Waals surface area (Å²) < 4.78 is 5.22. The quantitative estimate of drug-likeness (QED) is 0.377. The Hall–Kier alpha value is -4.46. The summed E-state index contributed by atoms with van der Waals surface area (Å²) in [5.41, 5.74) is 7.10. The van der Waals surface area contributed by atoms with Gasteiger partial charge in [0.1, 0.15) is 0 Å². The van der Waals surface area contributed by atoms with Crippen molar-refractivity contribution in [2.75, 3.05) is 17.7 Å². The van der Waals surface area contributed by atoms with Gasteiger partial charge in [0.2, 0.25) is 0 Å². The summed E-state index contributed by atoms with van der Waals surface area (Å²) in [4.78, 5) is 27.9. The SMILES string of the molecule is COc1cc(C2=CC3=C(CC2)C(=O)Nc2cc(CCc4ccncc4)ccc2N3)ccc1[N+](=O)[O-]. The van der Waals surface area contributed by atoms with Gasteiger partial charge in [-0.2, -0.15) is 0 Å². The Morgan fingerprint density at radius 1 is 0.971 bits per heavy atom. The lowest BCUT2D eigenvalue weighted by atomic mass is 9.90. The molecule has 2 aliphatic rings. The van der Waals surface area contributed by atoms with Crippen molar-refractivity contribution in [1.82, 2.24) is 4.98 Å². The highest BCUT2D eigenvalue weighted by atomic mass is 16.6. The van der Waals surface area contributed by atoms with Crippen LogP contribution in [0.3, 0.4) is 0 Å². The first-order valence-corrected chi connectivity index (χ1v) is 11.4. The van der Waals surface area contributed by atoms with E-state index in [4.69, 9.17) is 4.74 Å². The largest absolute Gasteiger partial charge is 0.490 e. The number of carbonyl (C=O) groups is 1. The number of hydrogen-bond donors (Lipinski definition) is 2. The summed E-state index contributed by atoms with van der Waals surface area (Å²) in [5.74, 6) is 0.0958. The number of rotatable bonds is 6. The molecule has 5 rings (SSSR count). The lowest BCUT2D eigenvalue weighted by Crippen LogP contribution is -2.16. The number of carbonyl (C=O) groups excluding carboxylic acids is 1. The Morgan fingerprint density at radius 2 is 1.77 bits per heavy atom. The maximum atomic E-state index is 13.0. The van der Waals surface area contributed by atoms with Crippen molar-refractivity contribution >= 4 is 28.5 Å². The van der Waals surface area contributed by atoms with Crippen LogP contribution in [0.4, 0.5) is 17.1 Å². The van der Waals surface area contributed by atoms with Crippen molar-refractivity contribution in [2.24, 2.45) is 0 Å². The molecule has 0 fully saturated rings. The molecular formula is C27H24N4O4. The lowest BCUT2D eigenvalue weighted by molar-refractivity contribution is -0.385. The van der Waals surface area contributed by atoms with E-state index in [1.807, 2.05) is 30.3 Å². The zero-order valence-corrected chi connectivity index (χ0v) is 19.2. The van der Waals surface area contributed by atoms with Crippen LogP contribution in [0, 0.1) is 10.1 Å². The third-order valence-corrected chi connectivity index (χ3v) is 6.36. The van der Waals surface area contributed by atoms with Crippen molar-refractivity contribution in [3.05, 3.63) is 105 Å². The van der Waals surface area contributed by atoms with E-state index in [0.717, 1.165) is 46.6 Å². The zero-order chi connectivity index (χ0) is 24.4. The molecule has 8 heteroatoms. The van der Waals surface area contributed by atoms with Crippen LogP contribution in [0.2, 0.25) is 0 Å². The number of allylic oxidation sites excluding steroid dienone is 2. The smallest absolute Gasteiger partial charge is 0.310 e. The van der Waals surface area contributed by atoms with E-state index in [1.54, 1.807) is 24.5 Å². The molecule has 0 radical (unpaired) electrons. The molecule has 2 aromatic carbocycles. The van der Waals surface area contributed by atoms with Gasteiger partial charge in [-0.05, 0) is 90.4 Å². The maximum Gasteiger partial charge on any atom is 0.310 e. The molecular weight excluding hydrogens is 444 g/mol. The summed E-state index contributed by atoms with van der Waals surface area (Å²) in [6.45, 7) is 0. The normalized spacial score (nSPS) is 14.7. The molecule has 1 aliphatic heterocycles. The number of nitro groups is 1. The number of pyridine rings is 1. The fourth-order valence-electron chi connectivity index (χ4n) is 4.47. The van der Waals surface area contributed by atoms with Gasteiger partial charge in [-0.25, -0.2) is 0 Å². The number of nitrogens with one attached hydrogen (secondary N) is 2. The first-order chi connectivity index (χ1) is 17.0. The second kappa shape index (κ2) is 9.42. The molecule has 0 saturated carbocycles. The van der Waals surface area contributed by atoms with Crippen LogP contribution in [-0.2, 0) is 17.6 Å². The number of fused-ring (bicyclic) bond motifs is 1. The zero-order valence-electron chi connectivity index (χ0n) is 19.2. The fourth-order valence-corrected chi connectivity index (χ4v) is 4.47. The minimum absolute atomic E-state index is 0.0757. The van der Waals surface area contributed by atoms with E-state index in [2.05, 4.69) is 21.7 Å². The Bertz CT molecular complexity index is 1380. The number of amides is 1. The van der Waals surface area contributed by atoms with Crippen molar-refractivity contribution in [2.45, 2.75) is 25.7 Å². The van der Waals surface area contributed by atoms with E-state index in [-0.39, 0.29) is 17.3 Å². The van der Waals surface area contributed by atoms with Crippen molar-refractivity contribution < 1.29 is 14.5 Å². The van der Waals surface area contributed by atoms with Gasteiger partial charge in [0.25, 0.3) is 5.91 Å². The first-order valence-electron chi connectivity index (χ1n) is 11.4. The molecule has 1 aromatic heterocycles. The molecule has 0 atom stereocenters. The monoisotopic (exact) mass is 468 g/mol. The van der Waals surface area contributed by atoms with Gasteiger partial charge in [-0.3, -0.25) is 19.9 Å². The first kappa shape index (κ1) is 22.3. The van der Waals surface area contributed by atoms with Crippen LogP contribution in [0.1, 0.15) is 29.5 Å². The average Bonchev–Trinajstić information content (AvgIpc) is 3.02. The highest BCUT2D eigenvalue weighted by molar-refractivity contribution is 6.09. The van der Waals surface area contributed by atoms with Crippen molar-refractivity contribution in [1.29, 1.82) is 0 Å². The predicted octanol–water partition coefficient (Wildman–Crippen LogP) is 5.28. The van der Waals surface area contributed by atoms with Crippen LogP contribution >= 0.6 is 0 Å². The second-order valence-electron chi connectivity index (χ2n) is 8.52. The molecule has 0 saturated heterocycles. The minimum Gasteiger partial charge on any atom is -0.490 e. The van der Waals surface area contributed by atoms with Gasteiger partial charge in [0.05, 0.1) is 23.4 Å². The van der Waals surface area contributed by atoms with E-state index in [9.17, 15) is 14.9 Å². The number of aromatic nitrogens is 1. The van der Waals surface area contributed by atoms with E-state index < -0.39 is 4.92 Å². The molecule has 1 amide bonds. The maximum absolute atomic E-state index is 13.0. The van der Waals surface area contributed by atoms with Gasteiger partial charge >= 0.3 is 5.69 Å². The molecule has 35 heavy (non-hydrogen) atoms. The highest BCUT2D eigenvalue weighted by Gasteiger charge is 2.25. The highest BCUT2D eigenvalue weighted by Crippen LogP contribution is 2.38. The van der Waals surface area contributed by atoms with Crippen LogP contribution < -0.4 is 15.4 Å². The van der Waals surface area contributed by atoms with Gasteiger partial charge < -0.3 is 15.4 Å².